The first-order valence-electron chi connectivity index (χ1n) is 16.5. The number of hydrogen-bond acceptors (Lipinski definition) is 4. The van der Waals surface area contributed by atoms with E-state index in [-0.39, 0.29) is 13.2 Å². The van der Waals surface area contributed by atoms with Gasteiger partial charge in [-0.25, -0.2) is 0 Å². The normalized spacial score (nSPS) is 11.1. The van der Waals surface area contributed by atoms with Gasteiger partial charge < -0.3 is 20.0 Å². The van der Waals surface area contributed by atoms with Crippen LogP contribution in [0.1, 0.15) is 44.5 Å². The molecule has 6 aromatic rings. The zero-order valence-electron chi connectivity index (χ0n) is 28.8. The van der Waals surface area contributed by atoms with Crippen LogP contribution >= 0.6 is 0 Å². The average molecular weight is 633 g/mol. The summed E-state index contributed by atoms with van der Waals surface area (Å²) in [7, 11) is 0. The molecular formula is C44H44N2O2. The van der Waals surface area contributed by atoms with Crippen LogP contribution in [0.3, 0.4) is 0 Å². The lowest BCUT2D eigenvalue weighted by Crippen LogP contribution is -2.12. The maximum absolute atomic E-state index is 9.65. The third kappa shape index (κ3) is 6.64. The number of nitrogens with zero attached hydrogens (tertiary/aromatic N) is 2. The molecule has 0 atom stereocenters. The van der Waals surface area contributed by atoms with Gasteiger partial charge >= 0.3 is 0 Å². The van der Waals surface area contributed by atoms with Crippen molar-refractivity contribution in [1.82, 2.24) is 0 Å². The molecule has 0 saturated heterocycles. The average Bonchev–Trinajstić information content (AvgIpc) is 3.10. The Kier molecular flexibility index (Phi) is 9.49. The fourth-order valence-electron chi connectivity index (χ4n) is 6.26. The predicted molar refractivity (Wildman–Crippen MR) is 202 cm³/mol. The summed E-state index contributed by atoms with van der Waals surface area (Å²) in [6.45, 7) is 13.0. The van der Waals surface area contributed by atoms with Gasteiger partial charge in [0.2, 0.25) is 0 Å². The molecule has 6 rings (SSSR count). The van der Waals surface area contributed by atoms with Crippen LogP contribution in [0.4, 0.5) is 34.1 Å². The molecule has 0 unspecified atom stereocenters. The predicted octanol–water partition coefficient (Wildman–Crippen LogP) is 11.1. The maximum Gasteiger partial charge on any atom is 0.0681 e. The smallest absolute Gasteiger partial charge is 0.0681 e. The van der Waals surface area contributed by atoms with Gasteiger partial charge in [0.25, 0.3) is 0 Å². The summed E-state index contributed by atoms with van der Waals surface area (Å²) >= 11 is 0. The number of benzene rings is 6. The van der Waals surface area contributed by atoms with E-state index in [0.717, 1.165) is 56.4 Å². The molecule has 0 saturated carbocycles. The molecule has 0 fully saturated rings. The van der Waals surface area contributed by atoms with Crippen LogP contribution in [0.25, 0.3) is 11.1 Å². The van der Waals surface area contributed by atoms with Crippen molar-refractivity contribution in [2.24, 2.45) is 0 Å². The minimum atomic E-state index is 0.0221. The van der Waals surface area contributed by atoms with Crippen LogP contribution in [0.5, 0.6) is 0 Å². The van der Waals surface area contributed by atoms with Crippen molar-refractivity contribution in [2.45, 2.75) is 54.8 Å². The minimum absolute atomic E-state index is 0.0221. The highest BCUT2D eigenvalue weighted by Gasteiger charge is 2.18. The van der Waals surface area contributed by atoms with Crippen molar-refractivity contribution >= 4 is 34.1 Å². The summed E-state index contributed by atoms with van der Waals surface area (Å²) in [6, 6.07) is 42.8. The molecule has 242 valence electrons. The number of hydrogen-bond donors (Lipinski definition) is 2. The number of aryl methyl sites for hydroxylation is 6. The molecule has 4 nitrogen and oxygen atoms in total. The Bertz CT molecular complexity index is 1910. The van der Waals surface area contributed by atoms with Crippen LogP contribution in [-0.2, 0) is 13.2 Å². The van der Waals surface area contributed by atoms with Crippen molar-refractivity contribution in [3.8, 4) is 11.1 Å². The number of rotatable bonds is 9. The van der Waals surface area contributed by atoms with Crippen LogP contribution in [-0.4, -0.2) is 10.2 Å². The lowest BCUT2D eigenvalue weighted by molar-refractivity contribution is 0.281. The van der Waals surface area contributed by atoms with E-state index in [9.17, 15) is 10.2 Å². The van der Waals surface area contributed by atoms with Crippen molar-refractivity contribution in [2.75, 3.05) is 9.80 Å². The summed E-state index contributed by atoms with van der Waals surface area (Å²) in [5.74, 6) is 0. The Balaban J connectivity index is 1.39. The molecule has 4 heteroatoms. The molecule has 0 aliphatic carbocycles. The van der Waals surface area contributed by atoms with E-state index in [0.29, 0.717) is 0 Å². The quantitative estimate of drug-likeness (QED) is 0.166. The van der Waals surface area contributed by atoms with Crippen LogP contribution in [0.15, 0.2) is 121 Å². The summed E-state index contributed by atoms with van der Waals surface area (Å²) in [6.07, 6.45) is 0. The van der Waals surface area contributed by atoms with E-state index in [1.54, 1.807) is 0 Å². The lowest BCUT2D eigenvalue weighted by Gasteiger charge is -2.29. The molecule has 0 bridgehead atoms. The van der Waals surface area contributed by atoms with Gasteiger partial charge in [-0.1, -0.05) is 48.5 Å². The van der Waals surface area contributed by atoms with E-state index in [4.69, 9.17) is 0 Å². The number of aliphatic hydroxyl groups excluding tert-OH is 2. The van der Waals surface area contributed by atoms with Gasteiger partial charge in [-0.3, -0.25) is 0 Å². The van der Waals surface area contributed by atoms with Gasteiger partial charge in [-0.2, -0.15) is 0 Å². The van der Waals surface area contributed by atoms with Gasteiger partial charge in [-0.05, 0) is 170 Å². The zero-order chi connectivity index (χ0) is 33.9. The SMILES string of the molecule is Cc1ccc(N(c2ccc(CO)cc2)c2ccc(-c3ccc(N(c4ccc(CO)cc4)c4ccc(C)c(C)c4)c(C)c3)cc2C)cc1C. The molecule has 0 spiro atoms. The maximum atomic E-state index is 9.65. The van der Waals surface area contributed by atoms with E-state index in [1.807, 2.05) is 24.3 Å². The van der Waals surface area contributed by atoms with Crippen LogP contribution in [0, 0.1) is 41.5 Å². The minimum Gasteiger partial charge on any atom is -0.392 e. The highest BCUT2D eigenvalue weighted by molar-refractivity contribution is 5.83. The molecule has 48 heavy (non-hydrogen) atoms. The standard InChI is InChI=1S/C44H44N2O2/c1-29-7-15-41(25-31(29)3)45(39-17-9-35(27-47)10-18-39)43-21-13-37(23-33(43)5)38-14-22-44(34(6)24-38)46(40-19-11-36(28-48)12-20-40)42-16-8-30(2)32(4)26-42/h7-26,47-48H,27-28H2,1-6H3. The Morgan fingerprint density at radius 2 is 0.708 bits per heavy atom. The van der Waals surface area contributed by atoms with Gasteiger partial charge in [0.1, 0.15) is 0 Å². The highest BCUT2D eigenvalue weighted by Crippen LogP contribution is 2.41. The Morgan fingerprint density at radius 3 is 1.02 bits per heavy atom. The van der Waals surface area contributed by atoms with E-state index >= 15 is 0 Å². The number of anilines is 6. The first-order chi connectivity index (χ1) is 23.2. The van der Waals surface area contributed by atoms with Crippen molar-refractivity contribution in [3.63, 3.8) is 0 Å². The Labute approximate surface area is 285 Å². The van der Waals surface area contributed by atoms with Crippen LogP contribution in [0.2, 0.25) is 0 Å². The molecule has 0 radical (unpaired) electrons. The molecule has 0 heterocycles. The lowest BCUT2D eigenvalue weighted by atomic mass is 9.98. The van der Waals surface area contributed by atoms with E-state index < -0.39 is 0 Å². The molecule has 6 aromatic carbocycles. The summed E-state index contributed by atoms with van der Waals surface area (Å²) in [4.78, 5) is 4.59. The third-order valence-electron chi connectivity index (χ3n) is 9.46. The third-order valence-corrected chi connectivity index (χ3v) is 9.46. The molecule has 0 aliphatic heterocycles. The second kappa shape index (κ2) is 13.9. The second-order valence-corrected chi connectivity index (χ2v) is 12.9. The topological polar surface area (TPSA) is 46.9 Å². The van der Waals surface area contributed by atoms with Gasteiger partial charge in [0.15, 0.2) is 0 Å². The monoisotopic (exact) mass is 632 g/mol. The second-order valence-electron chi connectivity index (χ2n) is 12.9. The van der Waals surface area contributed by atoms with E-state index in [2.05, 4.69) is 148 Å². The molecule has 2 N–H and O–H groups in total. The van der Waals surface area contributed by atoms with Gasteiger partial charge in [-0.15, -0.1) is 0 Å². The molecule has 0 amide bonds. The highest BCUT2D eigenvalue weighted by atomic mass is 16.3. The number of aliphatic hydroxyl groups is 2. The van der Waals surface area contributed by atoms with Crippen molar-refractivity contribution in [1.29, 1.82) is 0 Å². The summed E-state index contributed by atoms with van der Waals surface area (Å²) in [5.41, 5.74) is 18.0. The summed E-state index contributed by atoms with van der Waals surface area (Å²) < 4.78 is 0. The van der Waals surface area contributed by atoms with E-state index in [1.165, 1.54) is 33.4 Å². The van der Waals surface area contributed by atoms with Crippen molar-refractivity contribution < 1.29 is 10.2 Å². The fraction of sp³-hybridized carbons (Fsp3) is 0.182. The Hall–Kier alpha value is -5.16. The van der Waals surface area contributed by atoms with Crippen molar-refractivity contribution in [3.05, 3.63) is 166 Å². The largest absolute Gasteiger partial charge is 0.392 e. The molecule has 0 aliphatic rings. The molecular weight excluding hydrogens is 588 g/mol. The first-order valence-corrected chi connectivity index (χ1v) is 16.5. The van der Waals surface area contributed by atoms with Crippen LogP contribution < -0.4 is 9.80 Å². The fourth-order valence-corrected chi connectivity index (χ4v) is 6.26. The Morgan fingerprint density at radius 1 is 0.354 bits per heavy atom. The van der Waals surface area contributed by atoms with Gasteiger partial charge in [0, 0.05) is 34.1 Å². The summed E-state index contributed by atoms with van der Waals surface area (Å²) in [5, 5.41) is 19.3. The molecule has 0 aromatic heterocycles. The van der Waals surface area contributed by atoms with Gasteiger partial charge in [0.05, 0.1) is 13.2 Å². The zero-order valence-corrected chi connectivity index (χ0v) is 28.8. The first kappa shape index (κ1) is 32.8.